The van der Waals surface area contributed by atoms with Crippen molar-refractivity contribution < 1.29 is 19.2 Å². The van der Waals surface area contributed by atoms with Crippen molar-refractivity contribution in [2.75, 3.05) is 0 Å². The van der Waals surface area contributed by atoms with Gasteiger partial charge in [0.05, 0.1) is 6.54 Å². The molecule has 100 valence electrons. The van der Waals surface area contributed by atoms with E-state index in [-0.39, 0.29) is 12.5 Å². The molecule has 5 heteroatoms. The number of carbonyl (C=O) groups excluding carboxylic acids is 2. The quantitative estimate of drug-likeness (QED) is 0.621. The minimum atomic E-state index is -0.933. The number of para-hydroxylation sites is 1. The molecule has 5 nitrogen and oxygen atoms in total. The molecule has 0 atom stereocenters. The van der Waals surface area contributed by atoms with E-state index < -0.39 is 6.16 Å². The van der Waals surface area contributed by atoms with Gasteiger partial charge in [-0.25, -0.2) is 4.79 Å². The predicted molar refractivity (Wildman–Crippen MR) is 69.9 cm³/mol. The fraction of sp³-hybridized carbons (Fsp3) is 0.0667. The van der Waals surface area contributed by atoms with E-state index in [1.54, 1.807) is 42.5 Å². The van der Waals surface area contributed by atoms with Crippen LogP contribution in [-0.2, 0) is 11.4 Å². The SMILES string of the molecule is O=C(Oc1ccccc1)ON1Cc2ccccc2C1=O. The first-order chi connectivity index (χ1) is 9.74. The minimum Gasteiger partial charge on any atom is -0.393 e. The first kappa shape index (κ1) is 12.2. The van der Waals surface area contributed by atoms with Crippen LogP contribution in [0.4, 0.5) is 4.79 Å². The molecule has 0 aromatic heterocycles. The lowest BCUT2D eigenvalue weighted by Crippen LogP contribution is -2.29. The second kappa shape index (κ2) is 5.05. The molecule has 0 aliphatic carbocycles. The summed E-state index contributed by atoms with van der Waals surface area (Å²) >= 11 is 0. The highest BCUT2D eigenvalue weighted by Crippen LogP contribution is 2.22. The maximum Gasteiger partial charge on any atom is 0.539 e. The molecule has 3 rings (SSSR count). The van der Waals surface area contributed by atoms with E-state index in [0.29, 0.717) is 11.3 Å². The molecule has 2 aromatic carbocycles. The standard InChI is InChI=1S/C15H11NO4/c17-14-13-9-5-4-6-11(13)10-16(14)20-15(18)19-12-7-2-1-3-8-12/h1-9H,10H2. The zero-order valence-electron chi connectivity index (χ0n) is 10.5. The number of rotatable bonds is 2. The van der Waals surface area contributed by atoms with Gasteiger partial charge in [0, 0.05) is 5.56 Å². The number of nitrogens with zero attached hydrogens (tertiary/aromatic N) is 1. The van der Waals surface area contributed by atoms with Crippen LogP contribution in [0.2, 0.25) is 0 Å². The molecule has 0 radical (unpaired) electrons. The number of hydrogen-bond acceptors (Lipinski definition) is 4. The molecule has 1 aliphatic heterocycles. The van der Waals surface area contributed by atoms with E-state index in [9.17, 15) is 9.59 Å². The maximum absolute atomic E-state index is 12.0. The summed E-state index contributed by atoms with van der Waals surface area (Å²) in [6.07, 6.45) is -0.933. The molecule has 0 fully saturated rings. The number of benzene rings is 2. The normalized spacial score (nSPS) is 13.0. The van der Waals surface area contributed by atoms with Gasteiger partial charge in [0.25, 0.3) is 5.91 Å². The third-order valence-corrected chi connectivity index (χ3v) is 2.92. The Balaban J connectivity index is 1.65. The Morgan fingerprint density at radius 3 is 2.45 bits per heavy atom. The lowest BCUT2D eigenvalue weighted by Gasteiger charge is -2.13. The Morgan fingerprint density at radius 1 is 1.00 bits per heavy atom. The number of amides is 1. The van der Waals surface area contributed by atoms with Crippen LogP contribution in [0.15, 0.2) is 54.6 Å². The fourth-order valence-electron chi connectivity index (χ4n) is 1.99. The van der Waals surface area contributed by atoms with Crippen molar-refractivity contribution in [2.24, 2.45) is 0 Å². The van der Waals surface area contributed by atoms with Crippen LogP contribution in [0.5, 0.6) is 5.75 Å². The van der Waals surface area contributed by atoms with E-state index in [2.05, 4.69) is 0 Å². The zero-order valence-corrected chi connectivity index (χ0v) is 10.5. The Kier molecular flexibility index (Phi) is 3.09. The van der Waals surface area contributed by atoms with Gasteiger partial charge in [-0.05, 0) is 23.8 Å². The Bertz CT molecular complexity index is 654. The van der Waals surface area contributed by atoms with Gasteiger partial charge < -0.3 is 9.57 Å². The molecule has 1 aliphatic rings. The van der Waals surface area contributed by atoms with Crippen LogP contribution < -0.4 is 4.74 Å². The Morgan fingerprint density at radius 2 is 1.70 bits per heavy atom. The van der Waals surface area contributed by atoms with Crippen molar-refractivity contribution >= 4 is 12.1 Å². The number of ether oxygens (including phenoxy) is 1. The number of fused-ring (bicyclic) bond motifs is 1. The molecule has 0 saturated heterocycles. The summed E-state index contributed by atoms with van der Waals surface area (Å²) in [4.78, 5) is 28.5. The summed E-state index contributed by atoms with van der Waals surface area (Å²) in [7, 11) is 0. The van der Waals surface area contributed by atoms with Gasteiger partial charge in [-0.15, -0.1) is 0 Å². The van der Waals surface area contributed by atoms with Gasteiger partial charge in [0.2, 0.25) is 0 Å². The first-order valence-corrected chi connectivity index (χ1v) is 6.08. The van der Waals surface area contributed by atoms with E-state index in [1.807, 2.05) is 12.1 Å². The third-order valence-electron chi connectivity index (χ3n) is 2.92. The molecule has 2 aromatic rings. The lowest BCUT2D eigenvalue weighted by molar-refractivity contribution is -0.0863. The molecule has 1 heterocycles. The van der Waals surface area contributed by atoms with Crippen LogP contribution in [0, 0.1) is 0 Å². The van der Waals surface area contributed by atoms with Gasteiger partial charge in [-0.3, -0.25) is 4.79 Å². The predicted octanol–water partition coefficient (Wildman–Crippen LogP) is 2.77. The Labute approximate surface area is 115 Å². The van der Waals surface area contributed by atoms with Crippen molar-refractivity contribution in [3.63, 3.8) is 0 Å². The first-order valence-electron chi connectivity index (χ1n) is 6.08. The van der Waals surface area contributed by atoms with Gasteiger partial charge in [-0.1, -0.05) is 36.4 Å². The summed E-state index contributed by atoms with van der Waals surface area (Å²) in [5.41, 5.74) is 1.37. The second-order valence-corrected chi connectivity index (χ2v) is 4.26. The number of carbonyl (C=O) groups is 2. The van der Waals surface area contributed by atoms with Gasteiger partial charge in [-0.2, -0.15) is 5.06 Å². The van der Waals surface area contributed by atoms with Crippen molar-refractivity contribution in [3.8, 4) is 5.75 Å². The highest BCUT2D eigenvalue weighted by atomic mass is 16.8. The maximum atomic E-state index is 12.0. The third kappa shape index (κ3) is 2.33. The van der Waals surface area contributed by atoms with Crippen LogP contribution in [0.3, 0.4) is 0 Å². The molecular formula is C15H11NO4. The summed E-state index contributed by atoms with van der Waals surface area (Å²) in [6, 6.07) is 15.6. The fourth-order valence-corrected chi connectivity index (χ4v) is 1.99. The molecule has 0 N–H and O–H groups in total. The summed E-state index contributed by atoms with van der Waals surface area (Å²) in [6.45, 7) is 0.235. The van der Waals surface area contributed by atoms with E-state index in [4.69, 9.17) is 9.57 Å². The largest absolute Gasteiger partial charge is 0.539 e. The molecular weight excluding hydrogens is 258 g/mol. The number of hydroxylamine groups is 2. The molecule has 0 spiro atoms. The summed E-state index contributed by atoms with van der Waals surface area (Å²) < 4.78 is 4.97. The highest BCUT2D eigenvalue weighted by molar-refractivity contribution is 5.98. The average Bonchev–Trinajstić information content (AvgIpc) is 2.77. The average molecular weight is 269 g/mol. The minimum absolute atomic E-state index is 0.235. The molecule has 0 bridgehead atoms. The monoisotopic (exact) mass is 269 g/mol. The topological polar surface area (TPSA) is 55.8 Å². The Hall–Kier alpha value is -2.82. The van der Waals surface area contributed by atoms with E-state index >= 15 is 0 Å². The molecule has 0 saturated carbocycles. The van der Waals surface area contributed by atoms with Crippen LogP contribution in [0.1, 0.15) is 15.9 Å². The van der Waals surface area contributed by atoms with Gasteiger partial charge >= 0.3 is 6.16 Å². The van der Waals surface area contributed by atoms with E-state index in [1.165, 1.54) is 0 Å². The van der Waals surface area contributed by atoms with Crippen molar-refractivity contribution in [1.29, 1.82) is 0 Å². The van der Waals surface area contributed by atoms with Crippen LogP contribution in [0.25, 0.3) is 0 Å². The highest BCUT2D eigenvalue weighted by Gasteiger charge is 2.30. The second-order valence-electron chi connectivity index (χ2n) is 4.26. The lowest BCUT2D eigenvalue weighted by atomic mass is 10.1. The van der Waals surface area contributed by atoms with E-state index in [0.717, 1.165) is 10.6 Å². The summed E-state index contributed by atoms with van der Waals surface area (Å²) in [5.74, 6) is 0.0206. The zero-order chi connectivity index (χ0) is 13.9. The van der Waals surface area contributed by atoms with Crippen LogP contribution >= 0.6 is 0 Å². The van der Waals surface area contributed by atoms with Gasteiger partial charge in [0.1, 0.15) is 5.75 Å². The molecule has 0 unspecified atom stereocenters. The molecule has 20 heavy (non-hydrogen) atoms. The smallest absolute Gasteiger partial charge is 0.393 e. The number of hydrogen-bond donors (Lipinski definition) is 0. The van der Waals surface area contributed by atoms with Crippen LogP contribution in [-0.4, -0.2) is 17.1 Å². The van der Waals surface area contributed by atoms with Crippen molar-refractivity contribution in [3.05, 3.63) is 65.7 Å². The van der Waals surface area contributed by atoms with Crippen molar-refractivity contribution in [1.82, 2.24) is 5.06 Å². The summed E-state index contributed by atoms with van der Waals surface area (Å²) in [5, 5.41) is 0.996. The van der Waals surface area contributed by atoms with Crippen molar-refractivity contribution in [2.45, 2.75) is 6.54 Å². The molecule has 1 amide bonds. The van der Waals surface area contributed by atoms with Gasteiger partial charge in [0.15, 0.2) is 0 Å².